The predicted octanol–water partition coefficient (Wildman–Crippen LogP) is 4.67. The molecule has 0 atom stereocenters. The molecule has 2 aromatic rings. The SMILES string of the molecule is CNc1ccc(C(=O)c2ccc(OC3CCCCC3)cc2)cc1. The molecule has 0 unspecified atom stereocenters. The Balaban J connectivity index is 1.66. The molecule has 0 bridgehead atoms. The van der Waals surface area contributed by atoms with Gasteiger partial charge in [-0.05, 0) is 74.2 Å². The second-order valence-electron chi connectivity index (χ2n) is 6.06. The van der Waals surface area contributed by atoms with Crippen LogP contribution in [0, 0.1) is 0 Å². The van der Waals surface area contributed by atoms with Gasteiger partial charge < -0.3 is 10.1 Å². The number of anilines is 1. The maximum absolute atomic E-state index is 12.5. The van der Waals surface area contributed by atoms with Crippen molar-refractivity contribution in [3.05, 3.63) is 59.7 Å². The molecule has 2 aromatic carbocycles. The van der Waals surface area contributed by atoms with Crippen LogP contribution in [0.4, 0.5) is 5.69 Å². The van der Waals surface area contributed by atoms with Crippen molar-refractivity contribution in [2.24, 2.45) is 0 Å². The molecule has 0 aliphatic heterocycles. The maximum Gasteiger partial charge on any atom is 0.193 e. The normalized spacial score (nSPS) is 15.2. The lowest BCUT2D eigenvalue weighted by molar-refractivity contribution is 0.103. The number of ketones is 1. The van der Waals surface area contributed by atoms with Crippen LogP contribution in [-0.4, -0.2) is 18.9 Å². The highest BCUT2D eigenvalue weighted by molar-refractivity contribution is 6.09. The average molecular weight is 309 g/mol. The molecule has 3 nitrogen and oxygen atoms in total. The second-order valence-corrected chi connectivity index (χ2v) is 6.06. The third-order valence-corrected chi connectivity index (χ3v) is 4.41. The van der Waals surface area contributed by atoms with E-state index in [2.05, 4.69) is 5.32 Å². The third kappa shape index (κ3) is 3.92. The van der Waals surface area contributed by atoms with Crippen molar-refractivity contribution in [1.29, 1.82) is 0 Å². The zero-order valence-corrected chi connectivity index (χ0v) is 13.5. The number of hydrogen-bond acceptors (Lipinski definition) is 3. The Morgan fingerprint density at radius 1 is 0.913 bits per heavy atom. The Morgan fingerprint density at radius 2 is 1.48 bits per heavy atom. The van der Waals surface area contributed by atoms with E-state index < -0.39 is 0 Å². The topological polar surface area (TPSA) is 38.3 Å². The van der Waals surface area contributed by atoms with Crippen LogP contribution in [0.3, 0.4) is 0 Å². The minimum absolute atomic E-state index is 0.0388. The lowest BCUT2D eigenvalue weighted by Crippen LogP contribution is -2.19. The molecule has 0 amide bonds. The molecule has 3 rings (SSSR count). The van der Waals surface area contributed by atoms with Crippen molar-refractivity contribution >= 4 is 11.5 Å². The van der Waals surface area contributed by atoms with Gasteiger partial charge in [0.15, 0.2) is 5.78 Å². The van der Waals surface area contributed by atoms with Crippen LogP contribution in [0.5, 0.6) is 5.75 Å². The molecule has 1 saturated carbocycles. The molecule has 0 aromatic heterocycles. The van der Waals surface area contributed by atoms with E-state index in [0.717, 1.165) is 24.3 Å². The molecule has 0 radical (unpaired) electrons. The number of ether oxygens (including phenoxy) is 1. The summed E-state index contributed by atoms with van der Waals surface area (Å²) in [6.07, 6.45) is 6.43. The van der Waals surface area contributed by atoms with E-state index in [1.54, 1.807) is 0 Å². The van der Waals surface area contributed by atoms with E-state index in [9.17, 15) is 4.79 Å². The van der Waals surface area contributed by atoms with E-state index in [4.69, 9.17) is 4.74 Å². The zero-order chi connectivity index (χ0) is 16.1. The number of hydrogen-bond donors (Lipinski definition) is 1. The van der Waals surface area contributed by atoms with E-state index >= 15 is 0 Å². The van der Waals surface area contributed by atoms with Gasteiger partial charge in [0, 0.05) is 23.9 Å². The largest absolute Gasteiger partial charge is 0.490 e. The molecule has 1 N–H and O–H groups in total. The van der Waals surface area contributed by atoms with E-state index in [1.165, 1.54) is 19.3 Å². The van der Waals surface area contributed by atoms with Crippen molar-refractivity contribution in [2.45, 2.75) is 38.2 Å². The minimum atomic E-state index is 0.0388. The zero-order valence-electron chi connectivity index (χ0n) is 13.5. The van der Waals surface area contributed by atoms with Crippen LogP contribution >= 0.6 is 0 Å². The average Bonchev–Trinajstić information content (AvgIpc) is 2.63. The quantitative estimate of drug-likeness (QED) is 0.816. The first-order valence-corrected chi connectivity index (χ1v) is 8.35. The molecule has 0 spiro atoms. The van der Waals surface area contributed by atoms with Crippen LogP contribution < -0.4 is 10.1 Å². The van der Waals surface area contributed by atoms with Crippen LogP contribution in [0.2, 0.25) is 0 Å². The summed E-state index contributed by atoms with van der Waals surface area (Å²) in [5.41, 5.74) is 2.39. The summed E-state index contributed by atoms with van der Waals surface area (Å²) in [6.45, 7) is 0. The number of nitrogens with one attached hydrogen (secondary N) is 1. The van der Waals surface area contributed by atoms with Gasteiger partial charge in [-0.1, -0.05) is 6.42 Å². The molecule has 1 fully saturated rings. The smallest absolute Gasteiger partial charge is 0.193 e. The fourth-order valence-electron chi connectivity index (χ4n) is 3.02. The van der Waals surface area contributed by atoms with Gasteiger partial charge in [0.2, 0.25) is 0 Å². The Hall–Kier alpha value is -2.29. The lowest BCUT2D eigenvalue weighted by atomic mass is 9.98. The number of rotatable bonds is 5. The lowest BCUT2D eigenvalue weighted by Gasteiger charge is -2.23. The third-order valence-electron chi connectivity index (χ3n) is 4.41. The van der Waals surface area contributed by atoms with Gasteiger partial charge in [-0.2, -0.15) is 0 Å². The van der Waals surface area contributed by atoms with Crippen molar-refractivity contribution < 1.29 is 9.53 Å². The predicted molar refractivity (Wildman–Crippen MR) is 93.4 cm³/mol. The Kier molecular flexibility index (Phi) is 4.96. The van der Waals surface area contributed by atoms with Gasteiger partial charge in [-0.15, -0.1) is 0 Å². The molecule has 3 heteroatoms. The van der Waals surface area contributed by atoms with E-state index in [-0.39, 0.29) is 5.78 Å². The van der Waals surface area contributed by atoms with Crippen molar-refractivity contribution in [2.75, 3.05) is 12.4 Å². The van der Waals surface area contributed by atoms with Crippen molar-refractivity contribution in [1.82, 2.24) is 0 Å². The highest BCUT2D eigenvalue weighted by atomic mass is 16.5. The highest BCUT2D eigenvalue weighted by Gasteiger charge is 2.15. The monoisotopic (exact) mass is 309 g/mol. The minimum Gasteiger partial charge on any atom is -0.490 e. The molecular weight excluding hydrogens is 286 g/mol. The number of carbonyl (C=O) groups is 1. The summed E-state index contributed by atoms with van der Waals surface area (Å²) in [7, 11) is 1.86. The van der Waals surface area contributed by atoms with Crippen LogP contribution in [0.25, 0.3) is 0 Å². The van der Waals surface area contributed by atoms with Crippen LogP contribution in [0.15, 0.2) is 48.5 Å². The van der Waals surface area contributed by atoms with Gasteiger partial charge in [0.1, 0.15) is 5.75 Å². The van der Waals surface area contributed by atoms with Crippen LogP contribution in [-0.2, 0) is 0 Å². The molecule has 23 heavy (non-hydrogen) atoms. The molecular formula is C20H23NO2. The Bertz CT molecular complexity index is 640. The summed E-state index contributed by atoms with van der Waals surface area (Å²) in [4.78, 5) is 12.5. The fourth-order valence-corrected chi connectivity index (χ4v) is 3.02. The van der Waals surface area contributed by atoms with Gasteiger partial charge >= 0.3 is 0 Å². The first kappa shape index (κ1) is 15.6. The first-order chi connectivity index (χ1) is 11.3. The Morgan fingerprint density at radius 3 is 2.04 bits per heavy atom. The highest BCUT2D eigenvalue weighted by Crippen LogP contribution is 2.24. The van der Waals surface area contributed by atoms with Gasteiger partial charge in [-0.25, -0.2) is 0 Å². The summed E-state index contributed by atoms with van der Waals surface area (Å²) < 4.78 is 6.01. The maximum atomic E-state index is 12.5. The van der Waals surface area contributed by atoms with E-state index in [1.807, 2.05) is 55.6 Å². The summed E-state index contributed by atoms with van der Waals surface area (Å²) in [5, 5.41) is 3.05. The molecule has 1 aliphatic carbocycles. The number of carbonyl (C=O) groups excluding carboxylic acids is 1. The Labute approximate surface area is 137 Å². The van der Waals surface area contributed by atoms with Gasteiger partial charge in [-0.3, -0.25) is 4.79 Å². The number of benzene rings is 2. The molecule has 0 heterocycles. The fraction of sp³-hybridized carbons (Fsp3) is 0.350. The summed E-state index contributed by atoms with van der Waals surface area (Å²) >= 11 is 0. The van der Waals surface area contributed by atoms with Crippen molar-refractivity contribution in [3.63, 3.8) is 0 Å². The molecule has 0 saturated heterocycles. The van der Waals surface area contributed by atoms with Crippen molar-refractivity contribution in [3.8, 4) is 5.75 Å². The first-order valence-electron chi connectivity index (χ1n) is 8.35. The standard InChI is InChI=1S/C20H23NO2/c1-21-17-11-7-15(8-12-17)20(22)16-9-13-19(14-10-16)23-18-5-3-2-4-6-18/h7-14,18,21H,2-6H2,1H3. The van der Waals surface area contributed by atoms with Gasteiger partial charge in [0.05, 0.1) is 6.10 Å². The molecule has 1 aliphatic rings. The van der Waals surface area contributed by atoms with E-state index in [0.29, 0.717) is 17.2 Å². The second kappa shape index (κ2) is 7.32. The molecule has 120 valence electrons. The summed E-state index contributed by atoms with van der Waals surface area (Å²) in [5.74, 6) is 0.899. The van der Waals surface area contributed by atoms with Gasteiger partial charge in [0.25, 0.3) is 0 Å². The summed E-state index contributed by atoms with van der Waals surface area (Å²) in [6, 6.07) is 15.0. The van der Waals surface area contributed by atoms with Crippen LogP contribution in [0.1, 0.15) is 48.0 Å².